The predicted octanol–water partition coefficient (Wildman–Crippen LogP) is 3.10. The van der Waals surface area contributed by atoms with Crippen LogP contribution < -0.4 is 10.2 Å². The quantitative estimate of drug-likeness (QED) is 0.912. The van der Waals surface area contributed by atoms with Crippen LogP contribution in [0, 0.1) is 0 Å². The number of pyridine rings is 1. The lowest BCUT2D eigenvalue weighted by Crippen LogP contribution is -2.31. The van der Waals surface area contributed by atoms with Crippen LogP contribution in [0.25, 0.3) is 0 Å². The van der Waals surface area contributed by atoms with E-state index < -0.39 is 12.0 Å². The average molecular weight is 306 g/mol. The van der Waals surface area contributed by atoms with Gasteiger partial charge < -0.3 is 10.4 Å². The zero-order valence-electron chi connectivity index (χ0n) is 11.1. The van der Waals surface area contributed by atoms with E-state index in [-0.39, 0.29) is 16.3 Å². The number of carboxylic acid groups (broad SMARTS) is 1. The van der Waals surface area contributed by atoms with Gasteiger partial charge in [0, 0.05) is 18.3 Å². The fourth-order valence-corrected chi connectivity index (χ4v) is 1.84. The number of carbonyl (C=O) groups is 2. The summed E-state index contributed by atoms with van der Waals surface area (Å²) in [5.41, 5.74) is 0.684. The van der Waals surface area contributed by atoms with E-state index in [0.29, 0.717) is 5.69 Å². The zero-order valence-corrected chi connectivity index (χ0v) is 11.8. The van der Waals surface area contributed by atoms with E-state index in [4.69, 9.17) is 16.7 Å². The SMILES string of the molecule is CN(C(=O)Nc1ccc(Cl)cc1C(=O)O)c1cccnc1. The lowest BCUT2D eigenvalue weighted by Gasteiger charge is -2.18. The van der Waals surface area contributed by atoms with Crippen LogP contribution in [0.4, 0.5) is 16.2 Å². The van der Waals surface area contributed by atoms with Crippen molar-refractivity contribution in [1.82, 2.24) is 4.98 Å². The lowest BCUT2D eigenvalue weighted by molar-refractivity contribution is 0.0698. The molecule has 0 spiro atoms. The number of carboxylic acids is 1. The van der Waals surface area contributed by atoms with Gasteiger partial charge in [0.05, 0.1) is 23.1 Å². The molecule has 1 aromatic carbocycles. The number of aromatic nitrogens is 1. The number of urea groups is 1. The van der Waals surface area contributed by atoms with Crippen molar-refractivity contribution in [2.75, 3.05) is 17.3 Å². The van der Waals surface area contributed by atoms with E-state index >= 15 is 0 Å². The van der Waals surface area contributed by atoms with Crippen LogP contribution in [-0.4, -0.2) is 29.1 Å². The van der Waals surface area contributed by atoms with E-state index in [1.807, 2.05) is 0 Å². The molecule has 1 aromatic heterocycles. The standard InChI is InChI=1S/C14H12ClN3O3/c1-18(10-3-2-6-16-8-10)14(21)17-12-5-4-9(15)7-11(12)13(19)20/h2-8H,1H3,(H,17,21)(H,19,20). The normalized spacial score (nSPS) is 10.0. The number of aromatic carboxylic acids is 1. The summed E-state index contributed by atoms with van der Waals surface area (Å²) in [6.07, 6.45) is 3.12. The van der Waals surface area contributed by atoms with Crippen molar-refractivity contribution in [2.45, 2.75) is 0 Å². The van der Waals surface area contributed by atoms with Gasteiger partial charge in [-0.1, -0.05) is 11.6 Å². The molecule has 2 aromatic rings. The smallest absolute Gasteiger partial charge is 0.337 e. The molecule has 2 rings (SSSR count). The average Bonchev–Trinajstić information content (AvgIpc) is 2.49. The van der Waals surface area contributed by atoms with Gasteiger partial charge in [-0.25, -0.2) is 9.59 Å². The van der Waals surface area contributed by atoms with Crippen LogP contribution in [0.5, 0.6) is 0 Å². The second-order valence-electron chi connectivity index (χ2n) is 4.20. The van der Waals surface area contributed by atoms with E-state index in [1.54, 1.807) is 25.4 Å². The van der Waals surface area contributed by atoms with Crippen molar-refractivity contribution in [2.24, 2.45) is 0 Å². The van der Waals surface area contributed by atoms with Gasteiger partial charge in [-0.15, -0.1) is 0 Å². The summed E-state index contributed by atoms with van der Waals surface area (Å²) in [5, 5.41) is 11.9. The summed E-state index contributed by atoms with van der Waals surface area (Å²) < 4.78 is 0. The Labute approximate surface area is 126 Å². The number of hydrogen-bond donors (Lipinski definition) is 2. The second-order valence-corrected chi connectivity index (χ2v) is 4.63. The fraction of sp³-hybridized carbons (Fsp3) is 0.0714. The van der Waals surface area contributed by atoms with Crippen molar-refractivity contribution in [3.8, 4) is 0 Å². The minimum Gasteiger partial charge on any atom is -0.478 e. The fourth-order valence-electron chi connectivity index (χ4n) is 1.67. The molecule has 0 aliphatic heterocycles. The first-order valence-corrected chi connectivity index (χ1v) is 6.34. The predicted molar refractivity (Wildman–Crippen MR) is 80.1 cm³/mol. The highest BCUT2D eigenvalue weighted by atomic mass is 35.5. The first-order valence-electron chi connectivity index (χ1n) is 5.96. The molecule has 0 bridgehead atoms. The molecular formula is C14H12ClN3O3. The molecule has 2 N–H and O–H groups in total. The van der Waals surface area contributed by atoms with Gasteiger partial charge in [0.2, 0.25) is 0 Å². The third kappa shape index (κ3) is 3.49. The minimum atomic E-state index is -1.17. The van der Waals surface area contributed by atoms with E-state index in [9.17, 15) is 9.59 Å². The maximum absolute atomic E-state index is 12.1. The summed E-state index contributed by atoms with van der Waals surface area (Å²) in [6, 6.07) is 7.17. The number of rotatable bonds is 3. The molecule has 0 saturated carbocycles. The maximum atomic E-state index is 12.1. The Balaban J connectivity index is 2.22. The molecule has 7 heteroatoms. The molecule has 108 valence electrons. The van der Waals surface area contributed by atoms with Gasteiger partial charge in [0.1, 0.15) is 0 Å². The van der Waals surface area contributed by atoms with Crippen LogP contribution in [0.1, 0.15) is 10.4 Å². The number of benzene rings is 1. The van der Waals surface area contributed by atoms with Gasteiger partial charge in [-0.05, 0) is 30.3 Å². The topological polar surface area (TPSA) is 82.5 Å². The van der Waals surface area contributed by atoms with Crippen molar-refractivity contribution in [3.63, 3.8) is 0 Å². The zero-order chi connectivity index (χ0) is 15.4. The van der Waals surface area contributed by atoms with Gasteiger partial charge in [-0.3, -0.25) is 9.88 Å². The maximum Gasteiger partial charge on any atom is 0.337 e. The molecular weight excluding hydrogens is 294 g/mol. The first kappa shape index (κ1) is 14.8. The Morgan fingerprint density at radius 3 is 2.71 bits per heavy atom. The number of anilines is 2. The first-order chi connectivity index (χ1) is 9.99. The van der Waals surface area contributed by atoms with Crippen molar-refractivity contribution in [3.05, 3.63) is 53.3 Å². The third-order valence-electron chi connectivity index (χ3n) is 2.79. The van der Waals surface area contributed by atoms with E-state index in [0.717, 1.165) is 0 Å². The van der Waals surface area contributed by atoms with Crippen molar-refractivity contribution >= 4 is 35.0 Å². The van der Waals surface area contributed by atoms with Crippen LogP contribution in [0.15, 0.2) is 42.7 Å². The summed E-state index contributed by atoms with van der Waals surface area (Å²) in [4.78, 5) is 28.5. The molecule has 1 heterocycles. The summed E-state index contributed by atoms with van der Waals surface area (Å²) in [5.74, 6) is -1.17. The highest BCUT2D eigenvalue weighted by Crippen LogP contribution is 2.21. The molecule has 0 atom stereocenters. The number of nitrogens with zero attached hydrogens (tertiary/aromatic N) is 2. The van der Waals surface area contributed by atoms with E-state index in [2.05, 4.69) is 10.3 Å². The summed E-state index contributed by atoms with van der Waals surface area (Å²) >= 11 is 5.76. The minimum absolute atomic E-state index is 0.0737. The number of carbonyl (C=O) groups excluding carboxylic acids is 1. The largest absolute Gasteiger partial charge is 0.478 e. The highest BCUT2D eigenvalue weighted by molar-refractivity contribution is 6.31. The van der Waals surface area contributed by atoms with Gasteiger partial charge in [-0.2, -0.15) is 0 Å². The molecule has 2 amide bonds. The second kappa shape index (κ2) is 6.23. The summed E-state index contributed by atoms with van der Waals surface area (Å²) in [6.45, 7) is 0. The lowest BCUT2D eigenvalue weighted by atomic mass is 10.2. The molecule has 0 saturated heterocycles. The monoisotopic (exact) mass is 305 g/mol. The molecule has 21 heavy (non-hydrogen) atoms. The van der Waals surface area contributed by atoms with Crippen molar-refractivity contribution < 1.29 is 14.7 Å². The molecule has 0 aliphatic carbocycles. The number of nitrogens with one attached hydrogen (secondary N) is 1. The Hall–Kier alpha value is -2.60. The van der Waals surface area contributed by atoms with Gasteiger partial charge >= 0.3 is 12.0 Å². The summed E-state index contributed by atoms with van der Waals surface area (Å²) in [7, 11) is 1.56. The molecule has 6 nitrogen and oxygen atoms in total. The molecule has 0 unspecified atom stereocenters. The Kier molecular flexibility index (Phi) is 4.39. The van der Waals surface area contributed by atoms with Crippen LogP contribution in [-0.2, 0) is 0 Å². The number of amides is 2. The highest BCUT2D eigenvalue weighted by Gasteiger charge is 2.16. The third-order valence-corrected chi connectivity index (χ3v) is 3.03. The van der Waals surface area contributed by atoms with Crippen LogP contribution >= 0.6 is 11.6 Å². The Bertz CT molecular complexity index is 676. The molecule has 0 fully saturated rings. The van der Waals surface area contributed by atoms with Crippen LogP contribution in [0.3, 0.4) is 0 Å². The Morgan fingerprint density at radius 1 is 1.33 bits per heavy atom. The van der Waals surface area contributed by atoms with Gasteiger partial charge in [0.15, 0.2) is 0 Å². The number of halogens is 1. The Morgan fingerprint density at radius 2 is 2.10 bits per heavy atom. The van der Waals surface area contributed by atoms with Crippen LogP contribution in [0.2, 0.25) is 5.02 Å². The van der Waals surface area contributed by atoms with E-state index in [1.165, 1.54) is 29.3 Å². The molecule has 0 radical (unpaired) electrons. The van der Waals surface area contributed by atoms with Crippen molar-refractivity contribution in [1.29, 1.82) is 0 Å². The van der Waals surface area contributed by atoms with Gasteiger partial charge in [0.25, 0.3) is 0 Å². The molecule has 0 aliphatic rings. The number of hydrogen-bond acceptors (Lipinski definition) is 3.